The van der Waals surface area contributed by atoms with Gasteiger partial charge in [0.15, 0.2) is 0 Å². The maximum Gasteiger partial charge on any atom is 0.333 e. The Morgan fingerprint density at radius 2 is 2.33 bits per heavy atom. The standard InChI is InChI=1S/C11H16N2O2/c1-5-15-11(14)8(2)6-10-7-12-13(4)9(10)3/h6-7H,5H2,1-4H3. The second-order valence-electron chi connectivity index (χ2n) is 3.36. The number of carbonyl (C=O) groups is 1. The topological polar surface area (TPSA) is 44.1 Å². The SMILES string of the molecule is CCOC(=O)C(C)=Cc1cnn(C)c1C. The van der Waals surface area contributed by atoms with Gasteiger partial charge in [-0.25, -0.2) is 4.79 Å². The smallest absolute Gasteiger partial charge is 0.333 e. The fraction of sp³-hybridized carbons (Fsp3) is 0.455. The van der Waals surface area contributed by atoms with E-state index in [0.717, 1.165) is 11.3 Å². The van der Waals surface area contributed by atoms with Crippen molar-refractivity contribution in [3.63, 3.8) is 0 Å². The van der Waals surface area contributed by atoms with Crippen molar-refractivity contribution in [1.82, 2.24) is 9.78 Å². The van der Waals surface area contributed by atoms with Crippen LogP contribution in [0.4, 0.5) is 0 Å². The average molecular weight is 208 g/mol. The van der Waals surface area contributed by atoms with E-state index in [2.05, 4.69) is 5.10 Å². The molecule has 0 aliphatic heterocycles. The van der Waals surface area contributed by atoms with E-state index in [1.165, 1.54) is 0 Å². The number of rotatable bonds is 3. The van der Waals surface area contributed by atoms with Crippen LogP contribution in [0.2, 0.25) is 0 Å². The summed E-state index contributed by atoms with van der Waals surface area (Å²) in [4.78, 5) is 11.3. The van der Waals surface area contributed by atoms with Crippen molar-refractivity contribution in [2.75, 3.05) is 6.61 Å². The third-order valence-electron chi connectivity index (χ3n) is 2.24. The molecule has 1 rings (SSSR count). The number of carbonyl (C=O) groups excluding carboxylic acids is 1. The van der Waals surface area contributed by atoms with E-state index < -0.39 is 0 Å². The van der Waals surface area contributed by atoms with Gasteiger partial charge >= 0.3 is 5.97 Å². The Morgan fingerprint density at radius 1 is 1.67 bits per heavy atom. The number of hydrogen-bond acceptors (Lipinski definition) is 3. The molecule has 0 atom stereocenters. The van der Waals surface area contributed by atoms with Gasteiger partial charge in [0.05, 0.1) is 12.8 Å². The van der Waals surface area contributed by atoms with Crippen molar-refractivity contribution in [2.45, 2.75) is 20.8 Å². The molecule has 82 valence electrons. The number of ether oxygens (including phenoxy) is 1. The van der Waals surface area contributed by atoms with E-state index in [1.807, 2.05) is 14.0 Å². The molecule has 0 aliphatic carbocycles. The number of aromatic nitrogens is 2. The zero-order valence-corrected chi connectivity index (χ0v) is 9.57. The maximum atomic E-state index is 11.3. The maximum absolute atomic E-state index is 11.3. The monoisotopic (exact) mass is 208 g/mol. The van der Waals surface area contributed by atoms with Gasteiger partial charge in [0, 0.05) is 23.9 Å². The summed E-state index contributed by atoms with van der Waals surface area (Å²) < 4.78 is 6.66. The van der Waals surface area contributed by atoms with E-state index >= 15 is 0 Å². The molecule has 1 aromatic rings. The first-order valence-corrected chi connectivity index (χ1v) is 4.90. The summed E-state index contributed by atoms with van der Waals surface area (Å²) in [7, 11) is 1.87. The molecule has 1 aromatic heterocycles. The van der Waals surface area contributed by atoms with Crippen LogP contribution >= 0.6 is 0 Å². The normalized spacial score (nSPS) is 11.6. The van der Waals surface area contributed by atoms with Crippen molar-refractivity contribution in [3.05, 3.63) is 23.0 Å². The molecule has 0 fully saturated rings. The Morgan fingerprint density at radius 3 is 2.80 bits per heavy atom. The van der Waals surface area contributed by atoms with Crippen LogP contribution in [-0.4, -0.2) is 22.4 Å². The van der Waals surface area contributed by atoms with Gasteiger partial charge in [-0.1, -0.05) is 0 Å². The van der Waals surface area contributed by atoms with Crippen LogP contribution in [0.1, 0.15) is 25.1 Å². The van der Waals surface area contributed by atoms with Crippen LogP contribution in [-0.2, 0) is 16.6 Å². The molecule has 1 heterocycles. The van der Waals surface area contributed by atoms with Crippen molar-refractivity contribution in [3.8, 4) is 0 Å². The zero-order valence-electron chi connectivity index (χ0n) is 9.57. The number of aryl methyl sites for hydroxylation is 1. The third-order valence-corrected chi connectivity index (χ3v) is 2.24. The highest BCUT2D eigenvalue weighted by Crippen LogP contribution is 2.11. The molecule has 0 aliphatic rings. The minimum Gasteiger partial charge on any atom is -0.463 e. The summed E-state index contributed by atoms with van der Waals surface area (Å²) in [5, 5.41) is 4.09. The van der Waals surface area contributed by atoms with Gasteiger partial charge in [-0.15, -0.1) is 0 Å². The molecule has 0 spiro atoms. The van der Waals surface area contributed by atoms with E-state index in [0.29, 0.717) is 12.2 Å². The second kappa shape index (κ2) is 4.77. The van der Waals surface area contributed by atoms with Crippen LogP contribution < -0.4 is 0 Å². The molecule has 0 saturated heterocycles. The number of nitrogens with zero attached hydrogens (tertiary/aromatic N) is 2. The zero-order chi connectivity index (χ0) is 11.4. The number of hydrogen-bond donors (Lipinski definition) is 0. The Hall–Kier alpha value is -1.58. The molecule has 0 radical (unpaired) electrons. The van der Waals surface area contributed by atoms with Crippen LogP contribution in [0.25, 0.3) is 6.08 Å². The van der Waals surface area contributed by atoms with Gasteiger partial charge in [-0.05, 0) is 26.8 Å². The van der Waals surface area contributed by atoms with E-state index in [-0.39, 0.29) is 5.97 Å². The lowest BCUT2D eigenvalue weighted by molar-refractivity contribution is -0.138. The van der Waals surface area contributed by atoms with E-state index in [9.17, 15) is 4.79 Å². The fourth-order valence-electron chi connectivity index (χ4n) is 1.19. The number of esters is 1. The van der Waals surface area contributed by atoms with Gasteiger partial charge in [0.2, 0.25) is 0 Å². The first-order valence-electron chi connectivity index (χ1n) is 4.90. The lowest BCUT2D eigenvalue weighted by atomic mass is 10.2. The molecule has 4 nitrogen and oxygen atoms in total. The van der Waals surface area contributed by atoms with Crippen LogP contribution in [0, 0.1) is 6.92 Å². The molecule has 15 heavy (non-hydrogen) atoms. The lowest BCUT2D eigenvalue weighted by Crippen LogP contribution is -2.04. The van der Waals surface area contributed by atoms with E-state index in [4.69, 9.17) is 4.74 Å². The van der Waals surface area contributed by atoms with Crippen molar-refractivity contribution >= 4 is 12.0 Å². The molecule has 0 bridgehead atoms. The highest BCUT2D eigenvalue weighted by molar-refractivity contribution is 5.93. The van der Waals surface area contributed by atoms with Crippen LogP contribution in [0.15, 0.2) is 11.8 Å². The van der Waals surface area contributed by atoms with Gasteiger partial charge in [-0.3, -0.25) is 4.68 Å². The molecule has 4 heteroatoms. The summed E-state index contributed by atoms with van der Waals surface area (Å²) >= 11 is 0. The lowest BCUT2D eigenvalue weighted by Gasteiger charge is -2.01. The van der Waals surface area contributed by atoms with Crippen molar-refractivity contribution in [2.24, 2.45) is 7.05 Å². The highest BCUT2D eigenvalue weighted by Gasteiger charge is 2.07. The van der Waals surface area contributed by atoms with Crippen molar-refractivity contribution in [1.29, 1.82) is 0 Å². The minimum absolute atomic E-state index is 0.277. The Kier molecular flexibility index (Phi) is 3.66. The summed E-state index contributed by atoms with van der Waals surface area (Å²) in [6, 6.07) is 0. The predicted molar refractivity (Wildman–Crippen MR) is 58.2 cm³/mol. The minimum atomic E-state index is -0.277. The van der Waals surface area contributed by atoms with E-state index in [1.54, 1.807) is 30.8 Å². The summed E-state index contributed by atoms with van der Waals surface area (Å²) in [5.41, 5.74) is 2.56. The van der Waals surface area contributed by atoms with Crippen LogP contribution in [0.5, 0.6) is 0 Å². The van der Waals surface area contributed by atoms with Gasteiger partial charge in [0.1, 0.15) is 0 Å². The molecular weight excluding hydrogens is 192 g/mol. The van der Waals surface area contributed by atoms with Gasteiger partial charge in [0.25, 0.3) is 0 Å². The van der Waals surface area contributed by atoms with Gasteiger partial charge < -0.3 is 4.74 Å². The molecule has 0 aromatic carbocycles. The Balaban J connectivity index is 2.87. The second-order valence-corrected chi connectivity index (χ2v) is 3.36. The first kappa shape index (κ1) is 11.5. The molecule has 0 unspecified atom stereocenters. The first-order chi connectivity index (χ1) is 7.06. The largest absolute Gasteiger partial charge is 0.463 e. The van der Waals surface area contributed by atoms with Crippen molar-refractivity contribution < 1.29 is 9.53 Å². The Labute approximate surface area is 89.5 Å². The summed E-state index contributed by atoms with van der Waals surface area (Å²) in [6.45, 7) is 5.89. The summed E-state index contributed by atoms with van der Waals surface area (Å²) in [6.07, 6.45) is 3.53. The fourth-order valence-corrected chi connectivity index (χ4v) is 1.19. The highest BCUT2D eigenvalue weighted by atomic mass is 16.5. The average Bonchev–Trinajstić information content (AvgIpc) is 2.50. The predicted octanol–water partition coefficient (Wildman–Crippen LogP) is 1.69. The summed E-state index contributed by atoms with van der Waals surface area (Å²) in [5.74, 6) is -0.277. The van der Waals surface area contributed by atoms with Crippen LogP contribution in [0.3, 0.4) is 0 Å². The van der Waals surface area contributed by atoms with Gasteiger partial charge in [-0.2, -0.15) is 5.10 Å². The molecule has 0 saturated carbocycles. The third kappa shape index (κ3) is 2.68. The quantitative estimate of drug-likeness (QED) is 0.561. The molecular formula is C11H16N2O2. The molecule has 0 N–H and O–H groups in total. The Bertz CT molecular complexity index is 391. The molecule has 0 amide bonds.